The molecule has 0 amide bonds. The zero-order valence-electron chi connectivity index (χ0n) is 17.1. The molecular formula is C22H22F4N2O3. The summed E-state index contributed by atoms with van der Waals surface area (Å²) in [6.07, 6.45) is -2.83. The Kier molecular flexibility index (Phi) is 6.70. The Labute approximate surface area is 177 Å². The van der Waals surface area contributed by atoms with E-state index in [1.807, 2.05) is 0 Å². The van der Waals surface area contributed by atoms with Crippen molar-refractivity contribution in [1.29, 1.82) is 0 Å². The second-order valence-corrected chi connectivity index (χ2v) is 7.59. The van der Waals surface area contributed by atoms with Gasteiger partial charge in [0.05, 0.1) is 36.8 Å². The maximum Gasteiger partial charge on any atom is 0.416 e. The highest BCUT2D eigenvalue weighted by Crippen LogP contribution is 2.45. The van der Waals surface area contributed by atoms with Crippen molar-refractivity contribution in [2.45, 2.75) is 38.3 Å². The molecule has 5 nitrogen and oxygen atoms in total. The van der Waals surface area contributed by atoms with Crippen molar-refractivity contribution in [1.82, 2.24) is 5.32 Å². The quantitative estimate of drug-likeness (QED) is 0.373. The molecule has 1 aliphatic carbocycles. The van der Waals surface area contributed by atoms with Crippen LogP contribution in [0.15, 0.2) is 40.9 Å². The third kappa shape index (κ3) is 5.07. The minimum Gasteiger partial charge on any atom is -0.462 e. The van der Waals surface area contributed by atoms with E-state index in [4.69, 9.17) is 16.0 Å². The van der Waals surface area contributed by atoms with E-state index in [0.29, 0.717) is 17.5 Å². The predicted octanol–water partition coefficient (Wildman–Crippen LogP) is 4.93. The van der Waals surface area contributed by atoms with E-state index in [9.17, 15) is 22.4 Å². The number of nitrogens with zero attached hydrogens (tertiary/aromatic N) is 1. The molecule has 9 heteroatoms. The Morgan fingerprint density at radius 2 is 2.03 bits per heavy atom. The van der Waals surface area contributed by atoms with Crippen molar-refractivity contribution >= 4 is 5.97 Å². The van der Waals surface area contributed by atoms with Crippen LogP contribution in [0.25, 0.3) is 4.85 Å². The molecule has 1 aromatic carbocycles. The molecule has 166 valence electrons. The van der Waals surface area contributed by atoms with E-state index >= 15 is 0 Å². The number of alkyl halides is 3. The highest BCUT2D eigenvalue weighted by molar-refractivity contribution is 5.93. The van der Waals surface area contributed by atoms with Gasteiger partial charge in [0.15, 0.2) is 5.70 Å². The average Bonchev–Trinajstić information content (AvgIpc) is 3.53. The molecule has 1 atom stereocenters. The number of carbonyl (C=O) groups is 1. The van der Waals surface area contributed by atoms with Gasteiger partial charge in [-0.1, -0.05) is 6.07 Å². The van der Waals surface area contributed by atoms with Crippen LogP contribution in [0, 0.1) is 18.3 Å². The van der Waals surface area contributed by atoms with Gasteiger partial charge in [-0.15, -0.1) is 0 Å². The fourth-order valence-electron chi connectivity index (χ4n) is 3.56. The number of ether oxygens (including phenoxy) is 2. The number of dihydropyridines is 1. The minimum atomic E-state index is -4.88. The highest BCUT2D eigenvalue weighted by Gasteiger charge is 2.42. The zero-order valence-corrected chi connectivity index (χ0v) is 17.1. The first-order valence-electron chi connectivity index (χ1n) is 9.78. The second-order valence-electron chi connectivity index (χ2n) is 7.59. The molecule has 0 saturated heterocycles. The molecule has 1 saturated carbocycles. The van der Waals surface area contributed by atoms with Crippen LogP contribution in [0.5, 0.6) is 0 Å². The molecule has 1 aromatic rings. The van der Waals surface area contributed by atoms with Crippen LogP contribution >= 0.6 is 0 Å². The van der Waals surface area contributed by atoms with E-state index < -0.39 is 29.4 Å². The molecule has 0 bridgehead atoms. The van der Waals surface area contributed by atoms with Crippen molar-refractivity contribution in [3.63, 3.8) is 0 Å². The summed E-state index contributed by atoms with van der Waals surface area (Å²) in [4.78, 5) is 16.5. The highest BCUT2D eigenvalue weighted by atomic mass is 19.4. The van der Waals surface area contributed by atoms with Crippen LogP contribution in [0.4, 0.5) is 17.6 Å². The fourth-order valence-corrected chi connectivity index (χ4v) is 3.56. The summed E-state index contributed by atoms with van der Waals surface area (Å²) < 4.78 is 65.5. The molecule has 3 rings (SSSR count). The van der Waals surface area contributed by atoms with Gasteiger partial charge in [-0.05, 0) is 43.4 Å². The smallest absolute Gasteiger partial charge is 0.416 e. The number of carbonyl (C=O) groups excluding carboxylic acids is 1. The van der Waals surface area contributed by atoms with Gasteiger partial charge in [0.2, 0.25) is 0 Å². The topological polar surface area (TPSA) is 51.9 Å². The van der Waals surface area contributed by atoms with Crippen molar-refractivity contribution < 1.29 is 31.8 Å². The lowest BCUT2D eigenvalue weighted by Crippen LogP contribution is -2.31. The molecule has 2 aliphatic rings. The first-order valence-corrected chi connectivity index (χ1v) is 9.78. The molecule has 31 heavy (non-hydrogen) atoms. The van der Waals surface area contributed by atoms with Gasteiger partial charge < -0.3 is 14.8 Å². The van der Waals surface area contributed by atoms with Gasteiger partial charge in [-0.3, -0.25) is 0 Å². The molecule has 0 aromatic heterocycles. The standard InChI is InChI=1S/C22H22F4N2O3/c1-12-20(27-2)18(15-7-6-14(23)10-16(15)22(24,25)26)19(17(28-12)8-9-30-3)21(29)31-11-13-4-5-13/h6-7,10,13,18,28H,4-5,8-9,11H2,1,3H3. The van der Waals surface area contributed by atoms with Crippen molar-refractivity contribution in [3.05, 3.63) is 69.2 Å². The molecule has 1 heterocycles. The Bertz CT molecular complexity index is 972. The molecule has 1 N–H and O–H groups in total. The third-order valence-electron chi connectivity index (χ3n) is 5.29. The fraction of sp³-hybridized carbons (Fsp3) is 0.455. The van der Waals surface area contributed by atoms with Crippen molar-refractivity contribution in [2.75, 3.05) is 20.3 Å². The number of allylic oxidation sites excluding steroid dienone is 2. The third-order valence-corrected chi connectivity index (χ3v) is 5.29. The Morgan fingerprint density at radius 3 is 2.61 bits per heavy atom. The summed E-state index contributed by atoms with van der Waals surface area (Å²) in [5.74, 6) is -2.94. The molecule has 1 unspecified atom stereocenters. The van der Waals surface area contributed by atoms with Gasteiger partial charge in [-0.25, -0.2) is 14.0 Å². The predicted molar refractivity (Wildman–Crippen MR) is 104 cm³/mol. The molecule has 1 aliphatic heterocycles. The lowest BCUT2D eigenvalue weighted by Gasteiger charge is -2.31. The Balaban J connectivity index is 2.18. The number of nitrogens with one attached hydrogen (secondary N) is 1. The first-order chi connectivity index (χ1) is 14.7. The first kappa shape index (κ1) is 22.8. The summed E-state index contributed by atoms with van der Waals surface area (Å²) in [6, 6.07) is 2.26. The number of benzene rings is 1. The lowest BCUT2D eigenvalue weighted by atomic mass is 9.81. The van der Waals surface area contributed by atoms with E-state index in [2.05, 4.69) is 10.2 Å². The Morgan fingerprint density at radius 1 is 1.32 bits per heavy atom. The second kappa shape index (κ2) is 9.10. The van der Waals surface area contributed by atoms with Gasteiger partial charge in [-0.2, -0.15) is 13.2 Å². The largest absolute Gasteiger partial charge is 0.462 e. The zero-order chi connectivity index (χ0) is 22.8. The van der Waals surface area contributed by atoms with E-state index in [1.165, 1.54) is 7.11 Å². The maximum atomic E-state index is 13.8. The van der Waals surface area contributed by atoms with Gasteiger partial charge in [0.25, 0.3) is 0 Å². The summed E-state index contributed by atoms with van der Waals surface area (Å²) in [5.41, 5.74) is -1.10. The summed E-state index contributed by atoms with van der Waals surface area (Å²) in [7, 11) is 1.46. The number of rotatable bonds is 7. The van der Waals surface area contributed by atoms with Gasteiger partial charge in [0.1, 0.15) is 5.82 Å². The van der Waals surface area contributed by atoms with E-state index in [0.717, 1.165) is 25.0 Å². The SMILES string of the molecule is [C-]#[N+]C1=C(C)NC(CCOC)=C(C(=O)OCC2CC2)C1c1ccc(F)cc1C(F)(F)F. The average molecular weight is 438 g/mol. The number of halogens is 4. The Hall–Kier alpha value is -2.86. The van der Waals surface area contributed by atoms with Gasteiger partial charge >= 0.3 is 12.1 Å². The summed E-state index contributed by atoms with van der Waals surface area (Å²) in [6.45, 7) is 9.48. The van der Waals surface area contributed by atoms with Gasteiger partial charge in [0, 0.05) is 24.9 Å². The van der Waals surface area contributed by atoms with Crippen LogP contribution in [0.1, 0.15) is 43.2 Å². The summed E-state index contributed by atoms with van der Waals surface area (Å²) >= 11 is 0. The van der Waals surface area contributed by atoms with E-state index in [-0.39, 0.29) is 42.4 Å². The number of esters is 1. The van der Waals surface area contributed by atoms with Crippen LogP contribution in [0.2, 0.25) is 0 Å². The van der Waals surface area contributed by atoms with Crippen LogP contribution in [0.3, 0.4) is 0 Å². The summed E-state index contributed by atoms with van der Waals surface area (Å²) in [5, 5.41) is 2.97. The molecular weight excluding hydrogens is 416 g/mol. The lowest BCUT2D eigenvalue weighted by molar-refractivity contribution is -0.141. The monoisotopic (exact) mass is 438 g/mol. The number of methoxy groups -OCH3 is 1. The molecule has 0 radical (unpaired) electrons. The van der Waals surface area contributed by atoms with Crippen LogP contribution < -0.4 is 5.32 Å². The minimum absolute atomic E-state index is 0.0725. The van der Waals surface area contributed by atoms with Crippen LogP contribution in [-0.2, 0) is 20.4 Å². The normalized spacial score (nSPS) is 19.2. The van der Waals surface area contributed by atoms with Crippen molar-refractivity contribution in [2.24, 2.45) is 5.92 Å². The molecule has 0 spiro atoms. The number of hydrogen-bond acceptors (Lipinski definition) is 4. The maximum absolute atomic E-state index is 13.8. The number of hydrogen-bond donors (Lipinski definition) is 1. The van der Waals surface area contributed by atoms with Crippen LogP contribution in [-0.4, -0.2) is 26.3 Å². The molecule has 1 fully saturated rings. The van der Waals surface area contributed by atoms with Crippen molar-refractivity contribution in [3.8, 4) is 0 Å². The van der Waals surface area contributed by atoms with E-state index in [1.54, 1.807) is 6.92 Å².